The summed E-state index contributed by atoms with van der Waals surface area (Å²) in [4.78, 5) is 35.1. The molecule has 0 heterocycles. The van der Waals surface area contributed by atoms with Gasteiger partial charge in [-0.25, -0.2) is 9.59 Å². The van der Waals surface area contributed by atoms with Crippen LogP contribution in [0.3, 0.4) is 0 Å². The molecular formula is C28H28N2O8. The number of alkyl carbamates (subject to hydrolysis) is 1. The monoisotopic (exact) mass is 520 g/mol. The van der Waals surface area contributed by atoms with Gasteiger partial charge in [0.1, 0.15) is 12.7 Å². The number of nitrogens with zero attached hydrogens (tertiary/aromatic N) is 1. The molecule has 0 spiro atoms. The number of rotatable bonds is 9. The van der Waals surface area contributed by atoms with Gasteiger partial charge in [-0.2, -0.15) is 0 Å². The highest BCUT2D eigenvalue weighted by Crippen LogP contribution is 2.44. The van der Waals surface area contributed by atoms with E-state index in [2.05, 4.69) is 10.1 Å². The van der Waals surface area contributed by atoms with Crippen molar-refractivity contribution in [3.05, 3.63) is 98.6 Å². The van der Waals surface area contributed by atoms with Gasteiger partial charge in [0, 0.05) is 24.1 Å². The summed E-state index contributed by atoms with van der Waals surface area (Å²) in [7, 11) is 1.14. The molecule has 4 rings (SSSR count). The summed E-state index contributed by atoms with van der Waals surface area (Å²) in [5, 5.41) is 35.0. The first kappa shape index (κ1) is 26.8. The van der Waals surface area contributed by atoms with Gasteiger partial charge in [0.15, 0.2) is 0 Å². The molecule has 3 aromatic rings. The fourth-order valence-electron chi connectivity index (χ4n) is 4.75. The zero-order valence-corrected chi connectivity index (χ0v) is 20.9. The van der Waals surface area contributed by atoms with Gasteiger partial charge < -0.3 is 25.0 Å². The van der Waals surface area contributed by atoms with Gasteiger partial charge in [-0.1, -0.05) is 48.5 Å². The van der Waals surface area contributed by atoms with Crippen LogP contribution in [0.5, 0.6) is 0 Å². The van der Waals surface area contributed by atoms with Gasteiger partial charge in [-0.15, -0.1) is 0 Å². The maximum Gasteiger partial charge on any atom is 0.407 e. The molecule has 0 saturated carbocycles. The summed E-state index contributed by atoms with van der Waals surface area (Å²) in [6, 6.07) is 18.3. The third kappa shape index (κ3) is 5.36. The van der Waals surface area contributed by atoms with Crippen LogP contribution in [0.4, 0.5) is 10.5 Å². The van der Waals surface area contributed by atoms with Crippen LogP contribution in [0.1, 0.15) is 51.1 Å². The number of fused-ring (bicyclic) bond motifs is 3. The maximum absolute atomic E-state index is 12.4. The highest BCUT2D eigenvalue weighted by atomic mass is 16.6. The quantitative estimate of drug-likeness (QED) is 0.218. The average Bonchev–Trinajstić information content (AvgIpc) is 3.24. The van der Waals surface area contributed by atoms with Crippen molar-refractivity contribution in [3.8, 4) is 11.1 Å². The molecule has 2 unspecified atom stereocenters. The van der Waals surface area contributed by atoms with Gasteiger partial charge in [0.25, 0.3) is 5.69 Å². The zero-order chi connectivity index (χ0) is 27.4. The Balaban J connectivity index is 1.34. The van der Waals surface area contributed by atoms with E-state index in [4.69, 9.17) is 4.74 Å². The van der Waals surface area contributed by atoms with Crippen molar-refractivity contribution in [2.24, 2.45) is 0 Å². The third-order valence-electron chi connectivity index (χ3n) is 6.76. The van der Waals surface area contributed by atoms with Gasteiger partial charge in [-0.05, 0) is 47.2 Å². The fraction of sp³-hybridized carbons (Fsp3) is 0.286. The molecule has 10 nitrogen and oxygen atoms in total. The minimum absolute atomic E-state index is 0.0173. The molecule has 0 bridgehead atoms. The number of hydrogen-bond donors (Lipinski definition) is 3. The lowest BCUT2D eigenvalue weighted by atomic mass is 9.96. The number of hydrogen-bond acceptors (Lipinski definition) is 8. The Hall–Kier alpha value is -4.28. The summed E-state index contributed by atoms with van der Waals surface area (Å²) >= 11 is 0. The number of carbonyl (C=O) groups excluding carboxylic acids is 2. The molecule has 0 saturated heterocycles. The molecule has 2 atom stereocenters. The topological polar surface area (TPSA) is 148 Å². The Labute approximate surface area is 219 Å². The average molecular weight is 521 g/mol. The number of aliphatic hydroxyl groups is 2. The number of ether oxygens (including phenoxy) is 2. The number of nitrogens with one attached hydrogen (secondary N) is 1. The first-order chi connectivity index (χ1) is 18.2. The Bertz CT molecular complexity index is 1330. The van der Waals surface area contributed by atoms with Crippen LogP contribution in [0.15, 0.2) is 60.7 Å². The first-order valence-corrected chi connectivity index (χ1v) is 12.0. The molecule has 1 amide bonds. The normalized spacial score (nSPS) is 13.7. The fourth-order valence-corrected chi connectivity index (χ4v) is 4.75. The highest BCUT2D eigenvalue weighted by Gasteiger charge is 2.29. The van der Waals surface area contributed by atoms with Crippen molar-refractivity contribution in [3.63, 3.8) is 0 Å². The number of methoxy groups -OCH3 is 1. The Morgan fingerprint density at radius 1 is 1.05 bits per heavy atom. The minimum Gasteiger partial charge on any atom is -0.465 e. The largest absolute Gasteiger partial charge is 0.465 e. The number of nitro groups is 1. The molecule has 0 aromatic heterocycles. The predicted octanol–water partition coefficient (Wildman–Crippen LogP) is 4.01. The lowest BCUT2D eigenvalue weighted by molar-refractivity contribution is -0.385. The summed E-state index contributed by atoms with van der Waals surface area (Å²) in [6.07, 6.45) is -3.66. The Morgan fingerprint density at radius 2 is 1.66 bits per heavy atom. The number of amides is 1. The first-order valence-electron chi connectivity index (χ1n) is 12.0. The standard InChI is InChI=1S/C28H28N2O8/c1-16-22(27(33)37-2)13-17(14-24(16)30(35)36)26(32)25(31)11-12-29-28(34)38-15-23-20-9-5-3-7-18(20)19-8-4-6-10-21(19)23/h3-10,13-14,23,25-26,31-32H,11-12,15H2,1-2H3,(H,29,34). The molecule has 0 radical (unpaired) electrons. The lowest BCUT2D eigenvalue weighted by Gasteiger charge is -2.20. The second kappa shape index (κ2) is 11.4. The van der Waals surface area contributed by atoms with Crippen molar-refractivity contribution >= 4 is 17.7 Å². The molecule has 3 N–H and O–H groups in total. The SMILES string of the molecule is COC(=O)c1cc(C(O)C(O)CCNC(=O)OCC2c3ccccc3-c3ccccc32)cc([N+](=O)[O-])c1C. The van der Waals surface area contributed by atoms with E-state index in [1.165, 1.54) is 13.0 Å². The van der Waals surface area contributed by atoms with Gasteiger partial charge >= 0.3 is 12.1 Å². The zero-order valence-electron chi connectivity index (χ0n) is 20.9. The van der Waals surface area contributed by atoms with Crippen molar-refractivity contribution in [1.82, 2.24) is 5.32 Å². The van der Waals surface area contributed by atoms with Crippen molar-refractivity contribution in [2.45, 2.75) is 31.5 Å². The van der Waals surface area contributed by atoms with Crippen LogP contribution >= 0.6 is 0 Å². The van der Waals surface area contributed by atoms with Crippen LogP contribution < -0.4 is 5.32 Å². The number of nitro benzene ring substituents is 1. The van der Waals surface area contributed by atoms with E-state index in [1.807, 2.05) is 48.5 Å². The third-order valence-corrected chi connectivity index (χ3v) is 6.76. The van der Waals surface area contributed by atoms with Gasteiger partial charge in [0.2, 0.25) is 0 Å². The number of carbonyl (C=O) groups is 2. The van der Waals surface area contributed by atoms with Crippen LogP contribution in [0.2, 0.25) is 0 Å². The lowest BCUT2D eigenvalue weighted by Crippen LogP contribution is -2.30. The Kier molecular flexibility index (Phi) is 8.04. The van der Waals surface area contributed by atoms with Crippen molar-refractivity contribution in [2.75, 3.05) is 20.3 Å². The summed E-state index contributed by atoms with van der Waals surface area (Å²) in [5.41, 5.74) is 3.99. The van der Waals surface area contributed by atoms with Crippen LogP contribution in [-0.4, -0.2) is 53.6 Å². The van der Waals surface area contributed by atoms with Crippen LogP contribution in [0, 0.1) is 17.0 Å². The second-order valence-corrected chi connectivity index (χ2v) is 9.01. The highest BCUT2D eigenvalue weighted by molar-refractivity contribution is 5.92. The van der Waals surface area contributed by atoms with Crippen LogP contribution in [-0.2, 0) is 9.47 Å². The molecule has 198 valence electrons. The van der Waals surface area contributed by atoms with E-state index in [-0.39, 0.29) is 47.9 Å². The number of benzene rings is 3. The van der Waals surface area contributed by atoms with E-state index in [1.54, 1.807) is 0 Å². The van der Waals surface area contributed by atoms with Gasteiger partial charge in [-0.3, -0.25) is 10.1 Å². The number of aliphatic hydroxyl groups excluding tert-OH is 2. The summed E-state index contributed by atoms with van der Waals surface area (Å²) in [6.45, 7) is 1.51. The molecule has 1 aliphatic carbocycles. The summed E-state index contributed by atoms with van der Waals surface area (Å²) in [5.74, 6) is -0.895. The van der Waals surface area contributed by atoms with E-state index in [0.29, 0.717) is 0 Å². The van der Waals surface area contributed by atoms with Gasteiger partial charge in [0.05, 0.1) is 23.7 Å². The maximum atomic E-state index is 12.4. The minimum atomic E-state index is -1.54. The molecule has 1 aliphatic rings. The molecule has 10 heteroatoms. The van der Waals surface area contributed by atoms with Crippen molar-refractivity contribution < 1.29 is 34.2 Å². The summed E-state index contributed by atoms with van der Waals surface area (Å²) < 4.78 is 10.1. The smallest absolute Gasteiger partial charge is 0.407 e. The predicted molar refractivity (Wildman–Crippen MR) is 138 cm³/mol. The molecule has 0 aliphatic heterocycles. The molecule has 0 fully saturated rings. The number of esters is 1. The second-order valence-electron chi connectivity index (χ2n) is 9.01. The molecule has 3 aromatic carbocycles. The molecule has 38 heavy (non-hydrogen) atoms. The van der Waals surface area contributed by atoms with E-state index >= 15 is 0 Å². The van der Waals surface area contributed by atoms with E-state index in [0.717, 1.165) is 35.4 Å². The molecular weight excluding hydrogens is 492 g/mol. The van der Waals surface area contributed by atoms with Crippen LogP contribution in [0.25, 0.3) is 11.1 Å². The Morgan fingerprint density at radius 3 is 2.24 bits per heavy atom. The van der Waals surface area contributed by atoms with E-state index in [9.17, 15) is 29.9 Å². The van der Waals surface area contributed by atoms with Crippen molar-refractivity contribution in [1.29, 1.82) is 0 Å². The van der Waals surface area contributed by atoms with E-state index < -0.39 is 29.2 Å².